The van der Waals surface area contributed by atoms with Gasteiger partial charge in [-0.05, 0) is 11.6 Å². The highest BCUT2D eigenvalue weighted by atomic mass is 16.1. The molecule has 0 aliphatic carbocycles. The predicted octanol–water partition coefficient (Wildman–Crippen LogP) is 3.99. The predicted molar refractivity (Wildman–Crippen MR) is 84.8 cm³/mol. The van der Waals surface area contributed by atoms with E-state index >= 15 is 0 Å². The number of ketones is 1. The topological polar surface area (TPSA) is 45.8 Å². The molecule has 0 atom stereocenters. The molecule has 0 spiro atoms. The van der Waals surface area contributed by atoms with Gasteiger partial charge in [-0.3, -0.25) is 4.79 Å². The van der Waals surface area contributed by atoms with Gasteiger partial charge in [-0.2, -0.15) is 0 Å². The van der Waals surface area contributed by atoms with E-state index in [9.17, 15) is 4.79 Å². The summed E-state index contributed by atoms with van der Waals surface area (Å²) >= 11 is 0. The lowest BCUT2D eigenvalue weighted by molar-refractivity contribution is 0.104. The lowest BCUT2D eigenvalue weighted by Gasteiger charge is -1.94. The van der Waals surface area contributed by atoms with E-state index in [0.717, 1.165) is 11.1 Å². The maximum Gasteiger partial charge on any atom is 0.185 e. The Morgan fingerprint density at radius 1 is 0.952 bits per heavy atom. The lowest BCUT2D eigenvalue weighted by Crippen LogP contribution is -1.92. The number of H-pyrrole nitrogens is 1. The SMILES string of the molecule is O=C(C=Cc1ccccc1)c1ccccc1.c1c[nH]cn1. The number of imidazole rings is 1. The molecule has 0 unspecified atom stereocenters. The monoisotopic (exact) mass is 276 g/mol. The van der Waals surface area contributed by atoms with Crippen LogP contribution in [0.4, 0.5) is 0 Å². The van der Waals surface area contributed by atoms with Gasteiger partial charge in [0.15, 0.2) is 5.78 Å². The van der Waals surface area contributed by atoms with Crippen molar-refractivity contribution in [2.75, 3.05) is 0 Å². The maximum absolute atomic E-state index is 11.7. The highest BCUT2D eigenvalue weighted by Gasteiger charge is 1.98. The highest BCUT2D eigenvalue weighted by Crippen LogP contribution is 2.05. The van der Waals surface area contributed by atoms with Crippen molar-refractivity contribution < 1.29 is 4.79 Å². The second-order valence-corrected chi connectivity index (χ2v) is 4.23. The molecule has 0 radical (unpaired) electrons. The molecule has 3 heteroatoms. The van der Waals surface area contributed by atoms with Crippen LogP contribution < -0.4 is 0 Å². The van der Waals surface area contributed by atoms with Crippen molar-refractivity contribution in [2.45, 2.75) is 0 Å². The molecule has 1 heterocycles. The van der Waals surface area contributed by atoms with Crippen molar-refractivity contribution in [1.29, 1.82) is 0 Å². The van der Waals surface area contributed by atoms with Crippen LogP contribution in [0.15, 0.2) is 85.5 Å². The van der Waals surface area contributed by atoms with Gasteiger partial charge < -0.3 is 4.98 Å². The summed E-state index contributed by atoms with van der Waals surface area (Å²) in [6.07, 6.45) is 8.51. The summed E-state index contributed by atoms with van der Waals surface area (Å²) in [5.74, 6) is 0.0319. The molecule has 0 aliphatic heterocycles. The Balaban J connectivity index is 0.000000272. The van der Waals surface area contributed by atoms with E-state index < -0.39 is 0 Å². The molecule has 2 aromatic carbocycles. The average Bonchev–Trinajstić information content (AvgIpc) is 3.14. The molecule has 0 bridgehead atoms. The third-order valence-electron chi connectivity index (χ3n) is 2.69. The molecule has 1 N–H and O–H groups in total. The lowest BCUT2D eigenvalue weighted by atomic mass is 10.1. The van der Waals surface area contributed by atoms with Gasteiger partial charge in [0.05, 0.1) is 6.33 Å². The second-order valence-electron chi connectivity index (χ2n) is 4.23. The number of benzene rings is 2. The number of carbonyl (C=O) groups is 1. The molecule has 3 rings (SSSR count). The highest BCUT2D eigenvalue weighted by molar-refractivity contribution is 6.06. The zero-order chi connectivity index (χ0) is 14.8. The number of carbonyl (C=O) groups excluding carboxylic acids is 1. The fourth-order valence-corrected chi connectivity index (χ4v) is 1.65. The summed E-state index contributed by atoms with van der Waals surface area (Å²) in [6.45, 7) is 0. The van der Waals surface area contributed by atoms with Crippen LogP contribution in [0, 0.1) is 0 Å². The number of hydrogen-bond acceptors (Lipinski definition) is 2. The van der Waals surface area contributed by atoms with Crippen molar-refractivity contribution in [3.63, 3.8) is 0 Å². The Morgan fingerprint density at radius 3 is 2.14 bits per heavy atom. The number of aromatic amines is 1. The smallest absolute Gasteiger partial charge is 0.185 e. The van der Waals surface area contributed by atoms with Crippen molar-refractivity contribution in [1.82, 2.24) is 9.97 Å². The Hall–Kier alpha value is -2.94. The summed E-state index contributed by atoms with van der Waals surface area (Å²) in [4.78, 5) is 18.1. The minimum Gasteiger partial charge on any atom is -0.351 e. The third kappa shape index (κ3) is 5.28. The van der Waals surface area contributed by atoms with Gasteiger partial charge in [0, 0.05) is 18.0 Å². The molecule has 0 saturated carbocycles. The average molecular weight is 276 g/mol. The van der Waals surface area contributed by atoms with Crippen LogP contribution in [0.25, 0.3) is 6.08 Å². The molecule has 0 saturated heterocycles. The fraction of sp³-hybridized carbons (Fsp3) is 0. The summed E-state index contributed by atoms with van der Waals surface area (Å²) < 4.78 is 0. The number of allylic oxidation sites excluding steroid dienone is 1. The van der Waals surface area contributed by atoms with Crippen molar-refractivity contribution in [2.24, 2.45) is 0 Å². The molecule has 0 aliphatic rings. The van der Waals surface area contributed by atoms with E-state index in [1.807, 2.05) is 66.7 Å². The first kappa shape index (κ1) is 14.5. The van der Waals surface area contributed by atoms with Gasteiger partial charge in [-0.1, -0.05) is 66.7 Å². The third-order valence-corrected chi connectivity index (χ3v) is 2.69. The Kier molecular flexibility index (Phi) is 5.70. The minimum absolute atomic E-state index is 0.0319. The van der Waals surface area contributed by atoms with Gasteiger partial charge in [-0.15, -0.1) is 0 Å². The first-order valence-electron chi connectivity index (χ1n) is 6.61. The molecule has 3 aromatic rings. The van der Waals surface area contributed by atoms with Crippen LogP contribution in [-0.4, -0.2) is 15.8 Å². The van der Waals surface area contributed by atoms with E-state index in [4.69, 9.17) is 0 Å². The Labute approximate surface area is 124 Å². The molecule has 104 valence electrons. The van der Waals surface area contributed by atoms with Gasteiger partial charge in [-0.25, -0.2) is 4.98 Å². The van der Waals surface area contributed by atoms with Crippen molar-refractivity contribution >= 4 is 11.9 Å². The summed E-state index contributed by atoms with van der Waals surface area (Å²) in [7, 11) is 0. The molecular formula is C18H16N2O. The molecule has 3 nitrogen and oxygen atoms in total. The van der Waals surface area contributed by atoms with E-state index in [2.05, 4.69) is 9.97 Å². The normalized spacial score (nSPS) is 9.90. The Morgan fingerprint density at radius 2 is 1.62 bits per heavy atom. The summed E-state index contributed by atoms with van der Waals surface area (Å²) in [6, 6.07) is 19.1. The molecule has 1 aromatic heterocycles. The number of nitrogens with zero attached hydrogens (tertiary/aromatic N) is 1. The van der Waals surface area contributed by atoms with Crippen LogP contribution in [0.3, 0.4) is 0 Å². The largest absolute Gasteiger partial charge is 0.351 e. The van der Waals surface area contributed by atoms with Crippen LogP contribution in [0.5, 0.6) is 0 Å². The first-order chi connectivity index (χ1) is 10.4. The van der Waals surface area contributed by atoms with Gasteiger partial charge in [0.1, 0.15) is 0 Å². The van der Waals surface area contributed by atoms with Crippen LogP contribution >= 0.6 is 0 Å². The quantitative estimate of drug-likeness (QED) is 0.580. The second kappa shape index (κ2) is 8.27. The van der Waals surface area contributed by atoms with Crippen molar-refractivity contribution in [3.8, 4) is 0 Å². The van der Waals surface area contributed by atoms with Gasteiger partial charge in [0.2, 0.25) is 0 Å². The van der Waals surface area contributed by atoms with E-state index in [1.165, 1.54) is 0 Å². The maximum atomic E-state index is 11.7. The van der Waals surface area contributed by atoms with Crippen LogP contribution in [0.2, 0.25) is 0 Å². The Bertz CT molecular complexity index is 642. The molecule has 0 fully saturated rings. The zero-order valence-electron chi connectivity index (χ0n) is 11.5. The number of rotatable bonds is 3. The van der Waals surface area contributed by atoms with E-state index in [-0.39, 0.29) is 5.78 Å². The number of hydrogen-bond donors (Lipinski definition) is 1. The molecule has 0 amide bonds. The van der Waals surface area contributed by atoms with E-state index in [0.29, 0.717) is 0 Å². The standard InChI is InChI=1S/C15H12O.C3H4N2/c16-15(14-9-5-2-6-10-14)12-11-13-7-3-1-4-8-13;1-2-5-3-4-1/h1-12H;1-3H,(H,4,5). The van der Waals surface area contributed by atoms with E-state index in [1.54, 1.807) is 24.8 Å². The molecular weight excluding hydrogens is 260 g/mol. The zero-order valence-corrected chi connectivity index (χ0v) is 11.5. The molecule has 21 heavy (non-hydrogen) atoms. The summed E-state index contributed by atoms with van der Waals surface area (Å²) in [5.41, 5.74) is 1.75. The van der Waals surface area contributed by atoms with Crippen LogP contribution in [-0.2, 0) is 0 Å². The fourth-order valence-electron chi connectivity index (χ4n) is 1.65. The number of nitrogens with one attached hydrogen (secondary N) is 1. The van der Waals surface area contributed by atoms with Gasteiger partial charge in [0.25, 0.3) is 0 Å². The van der Waals surface area contributed by atoms with Crippen molar-refractivity contribution in [3.05, 3.63) is 96.6 Å². The minimum atomic E-state index is 0.0319. The first-order valence-corrected chi connectivity index (χ1v) is 6.61. The summed E-state index contributed by atoms with van der Waals surface area (Å²) in [5, 5.41) is 0. The van der Waals surface area contributed by atoms with Crippen LogP contribution in [0.1, 0.15) is 15.9 Å². The number of aromatic nitrogens is 2. The van der Waals surface area contributed by atoms with Gasteiger partial charge >= 0.3 is 0 Å².